The number of ether oxygens (including phenoxy) is 1. The molecule has 1 aliphatic heterocycles. The van der Waals surface area contributed by atoms with E-state index in [1.54, 1.807) is 18.5 Å². The van der Waals surface area contributed by atoms with Crippen LogP contribution in [0.5, 0.6) is 0 Å². The number of rotatable bonds is 3. The van der Waals surface area contributed by atoms with Crippen LogP contribution in [0.4, 0.5) is 16.2 Å². The van der Waals surface area contributed by atoms with E-state index in [0.717, 1.165) is 12.8 Å². The van der Waals surface area contributed by atoms with Crippen LogP contribution in [0.1, 0.15) is 0 Å². The van der Waals surface area contributed by atoms with Crippen LogP contribution in [-0.4, -0.2) is 57.1 Å². The molecule has 21 heavy (non-hydrogen) atoms. The molecule has 0 aromatic carbocycles. The third kappa shape index (κ3) is 3.52. The number of amides is 1. The van der Waals surface area contributed by atoms with Crippen LogP contribution in [0.3, 0.4) is 0 Å². The Kier molecular flexibility index (Phi) is 4.48. The Hall–Kier alpha value is -2.07. The van der Waals surface area contributed by atoms with Gasteiger partial charge in [-0.2, -0.15) is 12.7 Å². The maximum Gasteiger partial charge on any atom is 0.421 e. The highest BCUT2D eigenvalue weighted by molar-refractivity contribution is 7.87. The van der Waals surface area contributed by atoms with Gasteiger partial charge in [0.05, 0.1) is 24.7 Å². The predicted molar refractivity (Wildman–Crippen MR) is 76.9 cm³/mol. The number of aromatic nitrogens is 1. The molecule has 1 amide bonds. The second-order valence-corrected chi connectivity index (χ2v) is 6.09. The van der Waals surface area contributed by atoms with Gasteiger partial charge < -0.3 is 15.4 Å². The number of anilines is 2. The highest BCUT2D eigenvalue weighted by Crippen LogP contribution is 2.22. The van der Waals surface area contributed by atoms with Gasteiger partial charge in [0.2, 0.25) is 0 Å². The topological polar surface area (TPSA) is 118 Å². The van der Waals surface area contributed by atoms with Gasteiger partial charge >= 0.3 is 16.3 Å². The number of nitrogen functional groups attached to an aromatic ring is 1. The summed E-state index contributed by atoms with van der Waals surface area (Å²) >= 11 is 0. The molecule has 1 fully saturated rings. The molecule has 1 aliphatic rings. The molecule has 2 rings (SSSR count). The van der Waals surface area contributed by atoms with Crippen molar-refractivity contribution in [1.82, 2.24) is 14.0 Å². The average Bonchev–Trinajstić information content (AvgIpc) is 2.47. The lowest BCUT2D eigenvalue weighted by atomic mass is 10.2. The Morgan fingerprint density at radius 1 is 1.38 bits per heavy atom. The molecule has 2 heterocycles. The summed E-state index contributed by atoms with van der Waals surface area (Å²) in [7, 11) is -2.77. The number of piperazine rings is 1. The fourth-order valence-electron chi connectivity index (χ4n) is 2.07. The highest BCUT2D eigenvalue weighted by atomic mass is 32.2. The number of carbonyl (C=O) groups excluding carboxylic acids is 1. The third-order valence-corrected chi connectivity index (χ3v) is 4.61. The molecule has 9 nitrogen and oxygen atoms in total. The molecule has 0 atom stereocenters. The average molecular weight is 315 g/mol. The Morgan fingerprint density at radius 2 is 2.05 bits per heavy atom. The monoisotopic (exact) mass is 315 g/mol. The van der Waals surface area contributed by atoms with E-state index in [1.807, 2.05) is 9.62 Å². The van der Waals surface area contributed by atoms with Crippen molar-refractivity contribution in [3.8, 4) is 0 Å². The van der Waals surface area contributed by atoms with Gasteiger partial charge in [0.15, 0.2) is 0 Å². The van der Waals surface area contributed by atoms with Crippen molar-refractivity contribution >= 4 is 27.7 Å². The first-order valence-corrected chi connectivity index (χ1v) is 7.68. The van der Waals surface area contributed by atoms with Crippen molar-refractivity contribution in [3.05, 3.63) is 18.5 Å². The summed E-state index contributed by atoms with van der Waals surface area (Å²) in [5, 5.41) is 0. The molecular weight excluding hydrogens is 298 g/mol. The van der Waals surface area contributed by atoms with Gasteiger partial charge in [-0.25, -0.2) is 9.52 Å². The van der Waals surface area contributed by atoms with Crippen LogP contribution in [0.2, 0.25) is 0 Å². The lowest BCUT2D eigenvalue weighted by Crippen LogP contribution is -2.53. The van der Waals surface area contributed by atoms with Gasteiger partial charge in [0.25, 0.3) is 0 Å². The number of hydrogen-bond donors (Lipinski definition) is 2. The van der Waals surface area contributed by atoms with E-state index in [2.05, 4.69) is 9.72 Å². The number of methoxy groups -OCH3 is 1. The number of nitrogens with two attached hydrogens (primary N) is 1. The standard InChI is InChI=1S/C11H17N5O4S/c1-20-11(17)14-21(18,19)16-6-4-15(5-7-16)10-2-3-13-8-9(10)12/h2-3,8H,4-7,12H2,1H3,(H,14,17). The maximum atomic E-state index is 11.9. The molecule has 1 saturated heterocycles. The van der Waals surface area contributed by atoms with Gasteiger partial charge in [-0.3, -0.25) is 4.98 Å². The molecule has 0 saturated carbocycles. The minimum Gasteiger partial charge on any atom is -0.452 e. The van der Waals surface area contributed by atoms with Crippen LogP contribution in [0.25, 0.3) is 0 Å². The summed E-state index contributed by atoms with van der Waals surface area (Å²) in [6.07, 6.45) is 2.18. The zero-order valence-electron chi connectivity index (χ0n) is 11.5. The van der Waals surface area contributed by atoms with Crippen LogP contribution in [-0.2, 0) is 14.9 Å². The molecule has 0 spiro atoms. The number of pyridine rings is 1. The lowest BCUT2D eigenvalue weighted by molar-refractivity contribution is 0.177. The van der Waals surface area contributed by atoms with Crippen molar-refractivity contribution in [2.45, 2.75) is 0 Å². The van der Waals surface area contributed by atoms with Crippen LogP contribution >= 0.6 is 0 Å². The molecule has 116 valence electrons. The molecule has 0 bridgehead atoms. The summed E-state index contributed by atoms with van der Waals surface area (Å²) < 4.78 is 31.2. The van der Waals surface area contributed by atoms with Crippen LogP contribution in [0, 0.1) is 0 Å². The van der Waals surface area contributed by atoms with Crippen molar-refractivity contribution in [3.63, 3.8) is 0 Å². The van der Waals surface area contributed by atoms with Gasteiger partial charge in [0, 0.05) is 32.4 Å². The van der Waals surface area contributed by atoms with Crippen molar-refractivity contribution in [1.29, 1.82) is 0 Å². The molecular formula is C11H17N5O4S. The predicted octanol–water partition coefficient (Wildman–Crippen LogP) is -0.613. The summed E-state index contributed by atoms with van der Waals surface area (Å²) in [5.41, 5.74) is 7.21. The first-order valence-electron chi connectivity index (χ1n) is 6.24. The minimum absolute atomic E-state index is 0.244. The molecule has 0 unspecified atom stereocenters. The van der Waals surface area contributed by atoms with Crippen molar-refractivity contribution in [2.75, 3.05) is 43.9 Å². The number of nitrogens with one attached hydrogen (secondary N) is 1. The minimum atomic E-state index is -3.87. The highest BCUT2D eigenvalue weighted by Gasteiger charge is 2.29. The Balaban J connectivity index is 2.00. The number of hydrogen-bond acceptors (Lipinski definition) is 7. The van der Waals surface area contributed by atoms with E-state index in [0.29, 0.717) is 18.8 Å². The first-order chi connectivity index (χ1) is 9.94. The SMILES string of the molecule is COC(=O)NS(=O)(=O)N1CCN(c2ccncc2N)CC1. The number of carbonyl (C=O) groups is 1. The quantitative estimate of drug-likeness (QED) is 0.763. The molecule has 0 radical (unpaired) electrons. The third-order valence-electron chi connectivity index (χ3n) is 3.14. The second-order valence-electron chi connectivity index (χ2n) is 4.42. The summed E-state index contributed by atoms with van der Waals surface area (Å²) in [6, 6.07) is 1.78. The Labute approximate surface area is 122 Å². The normalized spacial score (nSPS) is 16.5. The zero-order valence-corrected chi connectivity index (χ0v) is 12.3. The zero-order chi connectivity index (χ0) is 15.5. The van der Waals surface area contributed by atoms with E-state index in [-0.39, 0.29) is 13.1 Å². The molecule has 10 heteroatoms. The van der Waals surface area contributed by atoms with Gasteiger partial charge in [0.1, 0.15) is 0 Å². The first kappa shape index (κ1) is 15.3. The van der Waals surface area contributed by atoms with E-state index in [9.17, 15) is 13.2 Å². The summed E-state index contributed by atoms with van der Waals surface area (Å²) in [5.74, 6) is 0. The molecule has 3 N–H and O–H groups in total. The van der Waals surface area contributed by atoms with E-state index in [1.165, 1.54) is 4.31 Å². The second kappa shape index (κ2) is 6.14. The van der Waals surface area contributed by atoms with Crippen molar-refractivity contribution < 1.29 is 17.9 Å². The molecule has 0 aliphatic carbocycles. The van der Waals surface area contributed by atoms with Gasteiger partial charge in [-0.15, -0.1) is 0 Å². The van der Waals surface area contributed by atoms with Crippen LogP contribution < -0.4 is 15.4 Å². The van der Waals surface area contributed by atoms with Gasteiger partial charge in [-0.05, 0) is 6.07 Å². The molecule has 1 aromatic heterocycles. The smallest absolute Gasteiger partial charge is 0.421 e. The van der Waals surface area contributed by atoms with E-state index in [4.69, 9.17) is 5.73 Å². The Morgan fingerprint density at radius 3 is 2.62 bits per heavy atom. The largest absolute Gasteiger partial charge is 0.452 e. The fraction of sp³-hybridized carbons (Fsp3) is 0.455. The maximum absolute atomic E-state index is 11.9. The fourth-order valence-corrected chi connectivity index (χ4v) is 3.14. The molecule has 1 aromatic rings. The number of nitrogens with zero attached hydrogens (tertiary/aromatic N) is 3. The lowest BCUT2D eigenvalue weighted by Gasteiger charge is -2.35. The van der Waals surface area contributed by atoms with E-state index >= 15 is 0 Å². The van der Waals surface area contributed by atoms with Gasteiger partial charge in [-0.1, -0.05) is 0 Å². The summed E-state index contributed by atoms with van der Waals surface area (Å²) in [6.45, 7) is 1.43. The van der Waals surface area contributed by atoms with Crippen molar-refractivity contribution in [2.24, 2.45) is 0 Å². The van der Waals surface area contributed by atoms with Crippen LogP contribution in [0.15, 0.2) is 18.5 Å². The summed E-state index contributed by atoms with van der Waals surface area (Å²) in [4.78, 5) is 16.9. The van der Waals surface area contributed by atoms with E-state index < -0.39 is 16.3 Å². The Bertz CT molecular complexity index is 613.